The van der Waals surface area contributed by atoms with Gasteiger partial charge < -0.3 is 14.2 Å². The van der Waals surface area contributed by atoms with Crippen molar-refractivity contribution in [2.45, 2.75) is 51.5 Å². The van der Waals surface area contributed by atoms with E-state index in [0.717, 1.165) is 38.9 Å². The van der Waals surface area contributed by atoms with Crippen molar-refractivity contribution in [3.63, 3.8) is 0 Å². The SMILES string of the molecule is COc1cccc(CC(=O)N(CC2CC2)C2=NNC(c3cc(C)c(OCC(C)OC)c(C)c3)S2)c1. The molecule has 0 saturated heterocycles. The van der Waals surface area contributed by atoms with Gasteiger partial charge >= 0.3 is 0 Å². The predicted molar refractivity (Wildman–Crippen MR) is 140 cm³/mol. The van der Waals surface area contributed by atoms with Gasteiger partial charge in [0, 0.05) is 13.7 Å². The maximum atomic E-state index is 13.3. The van der Waals surface area contributed by atoms with Crippen LogP contribution in [0, 0.1) is 19.8 Å². The Balaban J connectivity index is 1.45. The zero-order valence-electron chi connectivity index (χ0n) is 21.2. The molecule has 35 heavy (non-hydrogen) atoms. The molecule has 0 spiro atoms. The Kier molecular flexibility index (Phi) is 8.23. The van der Waals surface area contributed by atoms with Crippen LogP contribution in [0.25, 0.3) is 0 Å². The lowest BCUT2D eigenvalue weighted by Gasteiger charge is -2.22. The van der Waals surface area contributed by atoms with Crippen molar-refractivity contribution in [3.05, 3.63) is 58.7 Å². The zero-order valence-corrected chi connectivity index (χ0v) is 22.0. The standard InChI is InChI=1S/C27H35N3O4S/c1-17-11-22(12-18(2)25(17)34-16-19(3)32-4)26-28-29-27(35-26)30(15-20-9-10-20)24(31)14-21-7-6-8-23(13-21)33-5/h6-8,11-13,19-20,26,28H,9-10,14-16H2,1-5H3. The lowest BCUT2D eigenvalue weighted by Crippen LogP contribution is -2.37. The number of thioether (sulfide) groups is 1. The second-order valence-electron chi connectivity index (χ2n) is 9.34. The Bertz CT molecular complexity index is 1060. The lowest BCUT2D eigenvalue weighted by atomic mass is 10.1. The normalized spacial score (nSPS) is 18.0. The van der Waals surface area contributed by atoms with E-state index in [-0.39, 0.29) is 17.4 Å². The number of methoxy groups -OCH3 is 2. The second kappa shape index (κ2) is 11.4. The highest BCUT2D eigenvalue weighted by Gasteiger charge is 2.34. The van der Waals surface area contributed by atoms with E-state index in [1.165, 1.54) is 12.8 Å². The number of carbonyl (C=O) groups is 1. The monoisotopic (exact) mass is 497 g/mol. The van der Waals surface area contributed by atoms with E-state index in [0.29, 0.717) is 25.5 Å². The Labute approximate surface area is 212 Å². The third kappa shape index (κ3) is 6.49. The van der Waals surface area contributed by atoms with E-state index in [1.54, 1.807) is 26.0 Å². The second-order valence-corrected chi connectivity index (χ2v) is 10.4. The molecule has 1 aliphatic carbocycles. The molecule has 0 radical (unpaired) electrons. The highest BCUT2D eigenvalue weighted by atomic mass is 32.2. The van der Waals surface area contributed by atoms with Gasteiger partial charge in [0.1, 0.15) is 23.5 Å². The molecule has 2 aliphatic rings. The first kappa shape index (κ1) is 25.4. The Hall–Kier alpha value is -2.71. The van der Waals surface area contributed by atoms with Crippen LogP contribution in [-0.4, -0.2) is 49.4 Å². The van der Waals surface area contributed by atoms with Gasteiger partial charge in [-0.1, -0.05) is 23.9 Å². The minimum Gasteiger partial charge on any atom is -0.497 e. The first-order valence-corrected chi connectivity index (χ1v) is 13.0. The summed E-state index contributed by atoms with van der Waals surface area (Å²) in [7, 11) is 3.32. The molecule has 4 rings (SSSR count). The number of aryl methyl sites for hydroxylation is 2. The number of hydrogen-bond acceptors (Lipinski definition) is 7. The molecule has 1 amide bonds. The maximum absolute atomic E-state index is 13.3. The summed E-state index contributed by atoms with van der Waals surface area (Å²) in [6, 6.07) is 11.9. The number of amides is 1. The molecule has 1 fully saturated rings. The van der Waals surface area contributed by atoms with Gasteiger partial charge in [-0.3, -0.25) is 15.1 Å². The van der Waals surface area contributed by atoms with Crippen molar-refractivity contribution in [3.8, 4) is 11.5 Å². The van der Waals surface area contributed by atoms with E-state index in [9.17, 15) is 4.79 Å². The van der Waals surface area contributed by atoms with Gasteiger partial charge in [-0.2, -0.15) is 5.10 Å². The van der Waals surface area contributed by atoms with Gasteiger partial charge in [-0.15, -0.1) is 0 Å². The summed E-state index contributed by atoms with van der Waals surface area (Å²) >= 11 is 1.59. The number of nitrogens with zero attached hydrogens (tertiary/aromatic N) is 2. The van der Waals surface area contributed by atoms with Crippen molar-refractivity contribution in [1.82, 2.24) is 10.3 Å². The summed E-state index contributed by atoms with van der Waals surface area (Å²) in [6.07, 6.45) is 2.68. The smallest absolute Gasteiger partial charge is 0.233 e. The third-order valence-electron chi connectivity index (χ3n) is 6.31. The van der Waals surface area contributed by atoms with Crippen molar-refractivity contribution < 1.29 is 19.0 Å². The van der Waals surface area contributed by atoms with Crippen LogP contribution < -0.4 is 14.9 Å². The van der Waals surface area contributed by atoms with E-state index in [1.807, 2.05) is 36.1 Å². The fourth-order valence-electron chi connectivity index (χ4n) is 4.07. The number of hydrogen-bond donors (Lipinski definition) is 1. The summed E-state index contributed by atoms with van der Waals surface area (Å²) in [5, 5.41) is 5.27. The Morgan fingerprint density at radius 2 is 1.94 bits per heavy atom. The largest absolute Gasteiger partial charge is 0.497 e. The molecule has 2 atom stereocenters. The van der Waals surface area contributed by atoms with Crippen molar-refractivity contribution in [2.24, 2.45) is 11.0 Å². The number of ether oxygens (including phenoxy) is 3. The van der Waals surface area contributed by atoms with E-state index >= 15 is 0 Å². The van der Waals surface area contributed by atoms with Crippen molar-refractivity contribution >= 4 is 22.8 Å². The van der Waals surface area contributed by atoms with E-state index < -0.39 is 0 Å². The molecule has 7 nitrogen and oxygen atoms in total. The van der Waals surface area contributed by atoms with Crippen LogP contribution in [0.15, 0.2) is 41.5 Å². The number of amidine groups is 1. The van der Waals surface area contributed by atoms with Gasteiger partial charge in [-0.05, 0) is 86.1 Å². The van der Waals surface area contributed by atoms with Gasteiger partial charge in [0.15, 0.2) is 5.17 Å². The molecule has 1 aliphatic heterocycles. The van der Waals surface area contributed by atoms with Crippen LogP contribution in [0.3, 0.4) is 0 Å². The summed E-state index contributed by atoms with van der Waals surface area (Å²) in [6.45, 7) is 7.32. The number of carbonyl (C=O) groups excluding carboxylic acids is 1. The maximum Gasteiger partial charge on any atom is 0.233 e. The van der Waals surface area contributed by atoms with Gasteiger partial charge in [0.25, 0.3) is 0 Å². The average Bonchev–Trinajstić information content (AvgIpc) is 3.54. The highest BCUT2D eigenvalue weighted by Crippen LogP contribution is 2.38. The van der Waals surface area contributed by atoms with Crippen molar-refractivity contribution in [1.29, 1.82) is 0 Å². The third-order valence-corrected chi connectivity index (χ3v) is 7.45. The number of hydrazone groups is 1. The molecule has 1 N–H and O–H groups in total. The number of benzene rings is 2. The summed E-state index contributed by atoms with van der Waals surface area (Å²) < 4.78 is 16.6. The number of rotatable bonds is 10. The number of nitrogens with one attached hydrogen (secondary N) is 1. The minimum atomic E-state index is -0.0549. The molecule has 0 aromatic heterocycles. The Morgan fingerprint density at radius 3 is 2.60 bits per heavy atom. The van der Waals surface area contributed by atoms with Crippen LogP contribution in [-0.2, 0) is 16.0 Å². The summed E-state index contributed by atoms with van der Waals surface area (Å²) in [4.78, 5) is 15.2. The summed E-state index contributed by atoms with van der Waals surface area (Å²) in [5.74, 6) is 2.27. The zero-order chi connectivity index (χ0) is 24.9. The quantitative estimate of drug-likeness (QED) is 0.508. The molecule has 8 heteroatoms. The van der Waals surface area contributed by atoms with Gasteiger partial charge in [0.05, 0.1) is 19.6 Å². The molecule has 0 bridgehead atoms. The predicted octanol–water partition coefficient (Wildman–Crippen LogP) is 4.81. The molecule has 2 aromatic carbocycles. The van der Waals surface area contributed by atoms with Crippen LogP contribution >= 0.6 is 11.8 Å². The topological polar surface area (TPSA) is 72.4 Å². The molecular weight excluding hydrogens is 462 g/mol. The van der Waals surface area contributed by atoms with Gasteiger partial charge in [-0.25, -0.2) is 0 Å². The van der Waals surface area contributed by atoms with Crippen LogP contribution in [0.4, 0.5) is 0 Å². The molecular formula is C27H35N3O4S. The van der Waals surface area contributed by atoms with E-state index in [4.69, 9.17) is 14.2 Å². The van der Waals surface area contributed by atoms with Crippen LogP contribution in [0.1, 0.15) is 47.4 Å². The first-order valence-electron chi connectivity index (χ1n) is 12.1. The lowest BCUT2D eigenvalue weighted by molar-refractivity contribution is -0.126. The minimum absolute atomic E-state index is 0.0310. The molecule has 2 unspecified atom stereocenters. The first-order chi connectivity index (χ1) is 16.9. The molecule has 1 heterocycles. The average molecular weight is 498 g/mol. The fourth-order valence-corrected chi connectivity index (χ4v) is 5.07. The van der Waals surface area contributed by atoms with E-state index in [2.05, 4.69) is 36.5 Å². The highest BCUT2D eigenvalue weighted by molar-refractivity contribution is 8.14. The molecule has 188 valence electrons. The molecule has 2 aromatic rings. The molecule has 1 saturated carbocycles. The summed E-state index contributed by atoms with van der Waals surface area (Å²) in [5.41, 5.74) is 7.44. The van der Waals surface area contributed by atoms with Gasteiger partial charge in [0.2, 0.25) is 5.91 Å². The van der Waals surface area contributed by atoms with Crippen LogP contribution in [0.2, 0.25) is 0 Å². The Morgan fingerprint density at radius 1 is 1.20 bits per heavy atom. The van der Waals surface area contributed by atoms with Crippen LogP contribution in [0.5, 0.6) is 11.5 Å². The fraction of sp³-hybridized carbons (Fsp3) is 0.481. The van der Waals surface area contributed by atoms with Crippen molar-refractivity contribution in [2.75, 3.05) is 27.4 Å².